The third kappa shape index (κ3) is 4.34. The van der Waals surface area contributed by atoms with E-state index in [2.05, 4.69) is 30.4 Å². The standard InChI is InChI=1S/C16H25NO/c1-2-14-7-5-10-16(13-14)18-12-6-11-17-15-8-3-4-9-15/h5,7,10,13,15,17H,2-4,6,8-9,11-12H2,1H3. The summed E-state index contributed by atoms with van der Waals surface area (Å²) in [6.45, 7) is 4.07. The lowest BCUT2D eigenvalue weighted by Gasteiger charge is -2.12. The molecule has 0 spiro atoms. The second kappa shape index (κ2) is 7.42. The topological polar surface area (TPSA) is 21.3 Å². The van der Waals surface area contributed by atoms with Crippen LogP contribution in [0.1, 0.15) is 44.6 Å². The molecule has 0 aliphatic heterocycles. The molecule has 0 radical (unpaired) electrons. The molecule has 2 heteroatoms. The van der Waals surface area contributed by atoms with Gasteiger partial charge in [-0.1, -0.05) is 31.9 Å². The minimum atomic E-state index is 0.772. The van der Waals surface area contributed by atoms with Crippen LogP contribution in [0, 0.1) is 0 Å². The predicted octanol–water partition coefficient (Wildman–Crippen LogP) is 3.55. The molecule has 0 heterocycles. The summed E-state index contributed by atoms with van der Waals surface area (Å²) in [5.74, 6) is 1.01. The number of benzene rings is 1. The van der Waals surface area contributed by atoms with E-state index in [4.69, 9.17) is 4.74 Å². The first kappa shape index (κ1) is 13.4. The van der Waals surface area contributed by atoms with Gasteiger partial charge in [0.25, 0.3) is 0 Å². The zero-order chi connectivity index (χ0) is 12.6. The average Bonchev–Trinajstić information content (AvgIpc) is 2.92. The fourth-order valence-electron chi connectivity index (χ4n) is 2.55. The van der Waals surface area contributed by atoms with E-state index >= 15 is 0 Å². The van der Waals surface area contributed by atoms with Crippen molar-refractivity contribution in [3.8, 4) is 5.75 Å². The molecule has 100 valence electrons. The second-order valence-corrected chi connectivity index (χ2v) is 5.14. The fourth-order valence-corrected chi connectivity index (χ4v) is 2.55. The number of rotatable bonds is 7. The van der Waals surface area contributed by atoms with Gasteiger partial charge in [-0.25, -0.2) is 0 Å². The van der Waals surface area contributed by atoms with Gasteiger partial charge in [0.05, 0.1) is 6.61 Å². The minimum Gasteiger partial charge on any atom is -0.494 e. The van der Waals surface area contributed by atoms with Crippen molar-refractivity contribution in [2.45, 2.75) is 51.5 Å². The van der Waals surface area contributed by atoms with Crippen molar-refractivity contribution >= 4 is 0 Å². The number of hydrogen-bond donors (Lipinski definition) is 1. The molecule has 1 aliphatic carbocycles. The number of nitrogens with one attached hydrogen (secondary N) is 1. The Hall–Kier alpha value is -1.02. The van der Waals surface area contributed by atoms with Crippen molar-refractivity contribution in [2.24, 2.45) is 0 Å². The van der Waals surface area contributed by atoms with Crippen LogP contribution in [0.3, 0.4) is 0 Å². The Kier molecular flexibility index (Phi) is 5.53. The highest BCUT2D eigenvalue weighted by Crippen LogP contribution is 2.17. The number of ether oxygens (including phenoxy) is 1. The van der Waals surface area contributed by atoms with Crippen molar-refractivity contribution in [1.82, 2.24) is 5.32 Å². The molecule has 2 nitrogen and oxygen atoms in total. The Bertz CT molecular complexity index is 345. The quantitative estimate of drug-likeness (QED) is 0.744. The van der Waals surface area contributed by atoms with Crippen molar-refractivity contribution in [1.29, 1.82) is 0 Å². The molecule has 0 saturated heterocycles. The summed E-state index contributed by atoms with van der Waals surface area (Å²) in [4.78, 5) is 0. The van der Waals surface area contributed by atoms with Crippen LogP contribution in [0.4, 0.5) is 0 Å². The first-order valence-corrected chi connectivity index (χ1v) is 7.33. The maximum absolute atomic E-state index is 5.77. The molecular formula is C16H25NO. The summed E-state index contributed by atoms with van der Waals surface area (Å²) in [5.41, 5.74) is 1.34. The average molecular weight is 247 g/mol. The second-order valence-electron chi connectivity index (χ2n) is 5.14. The molecule has 1 aromatic carbocycles. The Labute approximate surface area is 111 Å². The van der Waals surface area contributed by atoms with Crippen LogP contribution in [0.5, 0.6) is 5.75 Å². The molecule has 1 aliphatic rings. The molecule has 18 heavy (non-hydrogen) atoms. The van der Waals surface area contributed by atoms with Crippen LogP contribution in [0.25, 0.3) is 0 Å². The van der Waals surface area contributed by atoms with Crippen LogP contribution in [-0.2, 0) is 6.42 Å². The van der Waals surface area contributed by atoms with Gasteiger partial charge < -0.3 is 10.1 Å². The summed E-state index contributed by atoms with van der Waals surface area (Å²) >= 11 is 0. The van der Waals surface area contributed by atoms with Gasteiger partial charge in [0.2, 0.25) is 0 Å². The van der Waals surface area contributed by atoms with Gasteiger partial charge in [-0.15, -0.1) is 0 Å². The van der Waals surface area contributed by atoms with E-state index in [-0.39, 0.29) is 0 Å². The van der Waals surface area contributed by atoms with Gasteiger partial charge >= 0.3 is 0 Å². The maximum Gasteiger partial charge on any atom is 0.119 e. The summed E-state index contributed by atoms with van der Waals surface area (Å²) < 4.78 is 5.77. The maximum atomic E-state index is 5.77. The van der Waals surface area contributed by atoms with Gasteiger partial charge in [-0.3, -0.25) is 0 Å². The third-order valence-electron chi connectivity index (χ3n) is 3.68. The molecule has 0 amide bonds. The Morgan fingerprint density at radius 2 is 2.11 bits per heavy atom. The van der Waals surface area contributed by atoms with Gasteiger partial charge in [0, 0.05) is 6.04 Å². The summed E-state index contributed by atoms with van der Waals surface area (Å²) in [6.07, 6.45) is 7.68. The first-order chi connectivity index (χ1) is 8.88. The highest BCUT2D eigenvalue weighted by Gasteiger charge is 2.13. The molecule has 2 rings (SSSR count). The molecule has 1 saturated carbocycles. The predicted molar refractivity (Wildman–Crippen MR) is 76.2 cm³/mol. The molecule has 1 aromatic rings. The van der Waals surface area contributed by atoms with E-state index in [0.717, 1.165) is 37.8 Å². The molecule has 0 aromatic heterocycles. The monoisotopic (exact) mass is 247 g/mol. The Morgan fingerprint density at radius 3 is 2.89 bits per heavy atom. The smallest absolute Gasteiger partial charge is 0.119 e. The molecular weight excluding hydrogens is 222 g/mol. The molecule has 0 atom stereocenters. The number of aryl methyl sites for hydroxylation is 1. The summed E-state index contributed by atoms with van der Waals surface area (Å²) in [6, 6.07) is 9.18. The van der Waals surface area contributed by atoms with Gasteiger partial charge in [-0.05, 0) is 49.9 Å². The van der Waals surface area contributed by atoms with Crippen LogP contribution >= 0.6 is 0 Å². The Balaban J connectivity index is 1.59. The van der Waals surface area contributed by atoms with Crippen LogP contribution in [-0.4, -0.2) is 19.2 Å². The lowest BCUT2D eigenvalue weighted by atomic mass is 10.2. The lowest BCUT2D eigenvalue weighted by molar-refractivity contribution is 0.304. The van der Waals surface area contributed by atoms with Crippen LogP contribution < -0.4 is 10.1 Å². The van der Waals surface area contributed by atoms with E-state index < -0.39 is 0 Å². The van der Waals surface area contributed by atoms with E-state index in [0.29, 0.717) is 0 Å². The molecule has 0 unspecified atom stereocenters. The molecule has 1 N–H and O–H groups in total. The van der Waals surface area contributed by atoms with E-state index in [1.165, 1.54) is 31.2 Å². The fraction of sp³-hybridized carbons (Fsp3) is 0.625. The first-order valence-electron chi connectivity index (χ1n) is 7.33. The van der Waals surface area contributed by atoms with Gasteiger partial charge in [0.1, 0.15) is 5.75 Å². The van der Waals surface area contributed by atoms with E-state index in [9.17, 15) is 0 Å². The molecule has 1 fully saturated rings. The number of hydrogen-bond acceptors (Lipinski definition) is 2. The highest BCUT2D eigenvalue weighted by molar-refractivity contribution is 5.28. The van der Waals surface area contributed by atoms with Gasteiger partial charge in [-0.2, -0.15) is 0 Å². The highest BCUT2D eigenvalue weighted by atomic mass is 16.5. The van der Waals surface area contributed by atoms with Crippen molar-refractivity contribution in [3.63, 3.8) is 0 Å². The van der Waals surface area contributed by atoms with Crippen molar-refractivity contribution in [3.05, 3.63) is 29.8 Å². The Morgan fingerprint density at radius 1 is 1.28 bits per heavy atom. The van der Waals surface area contributed by atoms with Crippen molar-refractivity contribution in [2.75, 3.05) is 13.2 Å². The third-order valence-corrected chi connectivity index (χ3v) is 3.68. The zero-order valence-electron chi connectivity index (χ0n) is 11.5. The molecule has 0 bridgehead atoms. The van der Waals surface area contributed by atoms with Crippen molar-refractivity contribution < 1.29 is 4.74 Å². The van der Waals surface area contributed by atoms with E-state index in [1.54, 1.807) is 0 Å². The van der Waals surface area contributed by atoms with Gasteiger partial charge in [0.15, 0.2) is 0 Å². The normalized spacial score (nSPS) is 16.1. The minimum absolute atomic E-state index is 0.772. The summed E-state index contributed by atoms with van der Waals surface area (Å²) in [5, 5.41) is 3.61. The lowest BCUT2D eigenvalue weighted by Crippen LogP contribution is -2.27. The zero-order valence-corrected chi connectivity index (χ0v) is 11.5. The van der Waals surface area contributed by atoms with E-state index in [1.807, 2.05) is 6.07 Å². The van der Waals surface area contributed by atoms with Crippen LogP contribution in [0.15, 0.2) is 24.3 Å². The van der Waals surface area contributed by atoms with Crippen LogP contribution in [0.2, 0.25) is 0 Å². The summed E-state index contributed by atoms with van der Waals surface area (Å²) in [7, 11) is 0. The SMILES string of the molecule is CCc1cccc(OCCCNC2CCCC2)c1. The largest absolute Gasteiger partial charge is 0.494 e.